The van der Waals surface area contributed by atoms with Crippen LogP contribution in [-0.2, 0) is 0 Å². The Morgan fingerprint density at radius 1 is 1.25 bits per heavy atom. The summed E-state index contributed by atoms with van der Waals surface area (Å²) in [6, 6.07) is 0.999. The highest BCUT2D eigenvalue weighted by Gasteiger charge is 2.32. The smallest absolute Gasteiger partial charge is 0.0249 e. The molecule has 0 aromatic carbocycles. The van der Waals surface area contributed by atoms with Crippen LogP contribution >= 0.6 is 0 Å². The highest BCUT2D eigenvalue weighted by atomic mass is 15.2. The summed E-state index contributed by atoms with van der Waals surface area (Å²) in [5.41, 5.74) is 6.29. The molecule has 2 nitrogen and oxygen atoms in total. The minimum atomic E-state index is 0.257. The fourth-order valence-electron chi connectivity index (χ4n) is 1.95. The molecule has 0 aromatic rings. The molecule has 2 atom stereocenters. The van der Waals surface area contributed by atoms with Gasteiger partial charge in [0.25, 0.3) is 0 Å². The Balaban J connectivity index is 2.57. The SMILES string of the molecule is CN(C1CCCC1N)C(C)(C)C. The Bertz CT molecular complexity index is 148. The summed E-state index contributed by atoms with van der Waals surface area (Å²) >= 11 is 0. The van der Waals surface area contributed by atoms with E-state index in [9.17, 15) is 0 Å². The number of rotatable bonds is 1. The lowest BCUT2D eigenvalue weighted by Gasteiger charge is -2.38. The molecule has 72 valence electrons. The van der Waals surface area contributed by atoms with E-state index >= 15 is 0 Å². The maximum absolute atomic E-state index is 6.03. The van der Waals surface area contributed by atoms with Gasteiger partial charge in [-0.25, -0.2) is 0 Å². The van der Waals surface area contributed by atoms with Crippen molar-refractivity contribution in [2.24, 2.45) is 5.73 Å². The predicted octanol–water partition coefficient (Wildman–Crippen LogP) is 1.60. The van der Waals surface area contributed by atoms with Crippen molar-refractivity contribution in [3.8, 4) is 0 Å². The van der Waals surface area contributed by atoms with E-state index in [0.29, 0.717) is 12.1 Å². The molecule has 1 aliphatic carbocycles. The standard InChI is InChI=1S/C10H22N2/c1-10(2,3)12(4)9-7-5-6-8(9)11/h8-9H,5-7,11H2,1-4H3. The van der Waals surface area contributed by atoms with E-state index in [-0.39, 0.29) is 5.54 Å². The summed E-state index contributed by atoms with van der Waals surface area (Å²) in [5, 5.41) is 0. The topological polar surface area (TPSA) is 29.3 Å². The van der Waals surface area contributed by atoms with Crippen molar-refractivity contribution in [2.45, 2.75) is 57.7 Å². The average Bonchev–Trinajstić information content (AvgIpc) is 2.31. The van der Waals surface area contributed by atoms with E-state index in [0.717, 1.165) is 0 Å². The average molecular weight is 170 g/mol. The number of nitrogens with zero attached hydrogens (tertiary/aromatic N) is 1. The molecule has 1 aliphatic rings. The molecular formula is C10H22N2. The van der Waals surface area contributed by atoms with E-state index < -0.39 is 0 Å². The van der Waals surface area contributed by atoms with Crippen molar-refractivity contribution in [1.82, 2.24) is 4.90 Å². The van der Waals surface area contributed by atoms with E-state index in [1.54, 1.807) is 0 Å². The molecule has 12 heavy (non-hydrogen) atoms. The van der Waals surface area contributed by atoms with Crippen molar-refractivity contribution in [1.29, 1.82) is 0 Å². The van der Waals surface area contributed by atoms with Crippen molar-refractivity contribution in [2.75, 3.05) is 7.05 Å². The van der Waals surface area contributed by atoms with Gasteiger partial charge in [-0.1, -0.05) is 6.42 Å². The van der Waals surface area contributed by atoms with Gasteiger partial charge < -0.3 is 5.73 Å². The van der Waals surface area contributed by atoms with Crippen molar-refractivity contribution < 1.29 is 0 Å². The van der Waals surface area contributed by atoms with Crippen molar-refractivity contribution >= 4 is 0 Å². The minimum absolute atomic E-state index is 0.257. The molecule has 0 radical (unpaired) electrons. The van der Waals surface area contributed by atoms with Gasteiger partial charge in [-0.15, -0.1) is 0 Å². The highest BCUT2D eigenvalue weighted by Crippen LogP contribution is 2.26. The molecule has 0 saturated heterocycles. The lowest BCUT2D eigenvalue weighted by Crippen LogP contribution is -2.50. The number of hydrogen-bond acceptors (Lipinski definition) is 2. The molecule has 0 amide bonds. The van der Waals surface area contributed by atoms with E-state index in [2.05, 4.69) is 32.7 Å². The maximum Gasteiger partial charge on any atom is 0.0249 e. The largest absolute Gasteiger partial charge is 0.326 e. The molecule has 1 saturated carbocycles. The Labute approximate surface area is 76.1 Å². The molecular weight excluding hydrogens is 148 g/mol. The van der Waals surface area contributed by atoms with Crippen LogP contribution in [0.5, 0.6) is 0 Å². The van der Waals surface area contributed by atoms with Crippen LogP contribution in [-0.4, -0.2) is 29.6 Å². The molecule has 0 heterocycles. The highest BCUT2D eigenvalue weighted by molar-refractivity contribution is 4.91. The number of nitrogens with two attached hydrogens (primary N) is 1. The van der Waals surface area contributed by atoms with E-state index in [4.69, 9.17) is 5.73 Å². The first-order valence-electron chi connectivity index (χ1n) is 4.91. The zero-order chi connectivity index (χ0) is 9.35. The molecule has 0 aromatic heterocycles. The first-order valence-corrected chi connectivity index (χ1v) is 4.91. The molecule has 1 rings (SSSR count). The molecule has 1 fully saturated rings. The van der Waals surface area contributed by atoms with E-state index in [1.807, 2.05) is 0 Å². The Hall–Kier alpha value is -0.0800. The molecule has 2 N–H and O–H groups in total. The van der Waals surface area contributed by atoms with Crippen LogP contribution in [0.25, 0.3) is 0 Å². The van der Waals surface area contributed by atoms with Gasteiger partial charge in [0, 0.05) is 17.6 Å². The zero-order valence-corrected chi connectivity index (χ0v) is 8.80. The summed E-state index contributed by atoms with van der Waals surface area (Å²) in [5.74, 6) is 0. The van der Waals surface area contributed by atoms with Crippen LogP contribution in [0.1, 0.15) is 40.0 Å². The van der Waals surface area contributed by atoms with Gasteiger partial charge in [-0.2, -0.15) is 0 Å². The molecule has 0 spiro atoms. The van der Waals surface area contributed by atoms with Gasteiger partial charge in [0.05, 0.1) is 0 Å². The van der Waals surface area contributed by atoms with Gasteiger partial charge >= 0.3 is 0 Å². The summed E-state index contributed by atoms with van der Waals surface area (Å²) in [7, 11) is 2.19. The third kappa shape index (κ3) is 1.99. The van der Waals surface area contributed by atoms with Gasteiger partial charge in [0.2, 0.25) is 0 Å². The van der Waals surface area contributed by atoms with Gasteiger partial charge in [-0.05, 0) is 40.7 Å². The predicted molar refractivity (Wildman–Crippen MR) is 53.1 cm³/mol. The van der Waals surface area contributed by atoms with Gasteiger partial charge in [0.15, 0.2) is 0 Å². The summed E-state index contributed by atoms with van der Waals surface area (Å²) in [6.45, 7) is 6.74. The molecule has 0 bridgehead atoms. The normalized spacial score (nSPS) is 31.5. The fraction of sp³-hybridized carbons (Fsp3) is 1.00. The lowest BCUT2D eigenvalue weighted by molar-refractivity contribution is 0.110. The second-order valence-electron chi connectivity index (χ2n) is 4.94. The fourth-order valence-corrected chi connectivity index (χ4v) is 1.95. The Morgan fingerprint density at radius 3 is 2.17 bits per heavy atom. The minimum Gasteiger partial charge on any atom is -0.326 e. The number of hydrogen-bond donors (Lipinski definition) is 1. The zero-order valence-electron chi connectivity index (χ0n) is 8.80. The second kappa shape index (κ2) is 3.35. The van der Waals surface area contributed by atoms with Crippen molar-refractivity contribution in [3.05, 3.63) is 0 Å². The summed E-state index contributed by atoms with van der Waals surface area (Å²) in [4.78, 5) is 2.42. The third-order valence-corrected chi connectivity index (χ3v) is 3.09. The van der Waals surface area contributed by atoms with Gasteiger partial charge in [-0.3, -0.25) is 4.90 Å². The molecule has 2 unspecified atom stereocenters. The third-order valence-electron chi connectivity index (χ3n) is 3.09. The van der Waals surface area contributed by atoms with Crippen LogP contribution in [0.2, 0.25) is 0 Å². The van der Waals surface area contributed by atoms with Crippen LogP contribution < -0.4 is 5.73 Å². The lowest BCUT2D eigenvalue weighted by atomic mass is 10.0. The Morgan fingerprint density at radius 2 is 1.83 bits per heavy atom. The van der Waals surface area contributed by atoms with Crippen LogP contribution in [0.4, 0.5) is 0 Å². The monoisotopic (exact) mass is 170 g/mol. The van der Waals surface area contributed by atoms with Crippen LogP contribution in [0.15, 0.2) is 0 Å². The van der Waals surface area contributed by atoms with E-state index in [1.165, 1.54) is 19.3 Å². The second-order valence-corrected chi connectivity index (χ2v) is 4.94. The Kier molecular flexibility index (Phi) is 2.79. The van der Waals surface area contributed by atoms with Crippen molar-refractivity contribution in [3.63, 3.8) is 0 Å². The molecule has 2 heteroatoms. The first kappa shape index (κ1) is 10.0. The summed E-state index contributed by atoms with van der Waals surface area (Å²) < 4.78 is 0. The maximum atomic E-state index is 6.03. The van der Waals surface area contributed by atoms with Gasteiger partial charge in [0.1, 0.15) is 0 Å². The summed E-state index contributed by atoms with van der Waals surface area (Å²) in [6.07, 6.45) is 3.77. The molecule has 0 aliphatic heterocycles. The first-order chi connectivity index (χ1) is 5.43. The van der Waals surface area contributed by atoms with Crippen LogP contribution in [0, 0.1) is 0 Å². The quantitative estimate of drug-likeness (QED) is 0.647. The van der Waals surface area contributed by atoms with Crippen LogP contribution in [0.3, 0.4) is 0 Å². The number of likely N-dealkylation sites (N-methyl/N-ethyl adjacent to an activating group) is 1.